The van der Waals surface area contributed by atoms with Gasteiger partial charge in [0, 0.05) is 11.5 Å². The second-order valence-corrected chi connectivity index (χ2v) is 8.36. The van der Waals surface area contributed by atoms with Crippen LogP contribution in [0.4, 0.5) is 0 Å². The van der Waals surface area contributed by atoms with Gasteiger partial charge in [0.1, 0.15) is 16.1 Å². The molecular formula is C17H26Cl2N2. The first-order valence-electron chi connectivity index (χ1n) is 7.93. The van der Waals surface area contributed by atoms with Gasteiger partial charge >= 0.3 is 0 Å². The van der Waals surface area contributed by atoms with Gasteiger partial charge < -0.3 is 0 Å². The van der Waals surface area contributed by atoms with Crippen LogP contribution in [0.15, 0.2) is 0 Å². The molecular weight excluding hydrogens is 303 g/mol. The fourth-order valence-electron chi connectivity index (χ4n) is 3.31. The molecule has 2 rings (SSSR count). The first-order valence-corrected chi connectivity index (χ1v) is 8.68. The SMILES string of the molecule is CC(C)c1c(Cl)nc(C2CCC(C(C)(C)C)CC2)nc1Cl. The van der Waals surface area contributed by atoms with Gasteiger partial charge in [-0.2, -0.15) is 0 Å². The third kappa shape index (κ3) is 3.90. The highest BCUT2D eigenvalue weighted by Crippen LogP contribution is 2.43. The zero-order valence-corrected chi connectivity index (χ0v) is 15.2. The number of hydrogen-bond donors (Lipinski definition) is 0. The minimum atomic E-state index is 0.246. The predicted molar refractivity (Wildman–Crippen MR) is 90.3 cm³/mol. The second kappa shape index (κ2) is 6.42. The fourth-order valence-corrected chi connectivity index (χ4v) is 4.15. The van der Waals surface area contributed by atoms with Crippen LogP contribution < -0.4 is 0 Å². The van der Waals surface area contributed by atoms with Crippen LogP contribution in [-0.4, -0.2) is 9.97 Å². The van der Waals surface area contributed by atoms with Gasteiger partial charge in [0.15, 0.2) is 0 Å². The lowest BCUT2D eigenvalue weighted by atomic mass is 9.69. The van der Waals surface area contributed by atoms with E-state index in [0.717, 1.165) is 30.1 Å². The standard InChI is InChI=1S/C17H26Cl2N2/c1-10(2)13-14(18)20-16(21-15(13)19)11-6-8-12(9-7-11)17(3,4)5/h10-12H,6-9H2,1-5H3. The molecule has 0 bridgehead atoms. The summed E-state index contributed by atoms with van der Waals surface area (Å²) in [5.41, 5.74) is 1.26. The lowest BCUT2D eigenvalue weighted by Gasteiger charge is -2.36. The molecule has 0 aromatic carbocycles. The molecule has 0 spiro atoms. The summed E-state index contributed by atoms with van der Waals surface area (Å²) in [5.74, 6) is 2.27. The second-order valence-electron chi connectivity index (χ2n) is 7.65. The number of halogens is 2. The first-order chi connectivity index (χ1) is 9.70. The molecule has 1 fully saturated rings. The fraction of sp³-hybridized carbons (Fsp3) is 0.765. The lowest BCUT2D eigenvalue weighted by Crippen LogP contribution is -2.26. The van der Waals surface area contributed by atoms with Crippen LogP contribution in [0.3, 0.4) is 0 Å². The Kier molecular flexibility index (Phi) is 5.20. The van der Waals surface area contributed by atoms with E-state index in [1.54, 1.807) is 0 Å². The summed E-state index contributed by atoms with van der Waals surface area (Å²) in [6.07, 6.45) is 4.74. The summed E-state index contributed by atoms with van der Waals surface area (Å²) in [6.45, 7) is 11.1. The molecule has 4 heteroatoms. The Morgan fingerprint density at radius 2 is 1.43 bits per heavy atom. The molecule has 1 heterocycles. The van der Waals surface area contributed by atoms with Crippen molar-refractivity contribution in [2.75, 3.05) is 0 Å². The van der Waals surface area contributed by atoms with Crippen molar-refractivity contribution in [3.05, 3.63) is 21.7 Å². The molecule has 0 unspecified atom stereocenters. The Balaban J connectivity index is 2.15. The van der Waals surface area contributed by atoms with E-state index >= 15 is 0 Å². The van der Waals surface area contributed by atoms with E-state index in [9.17, 15) is 0 Å². The summed E-state index contributed by atoms with van der Waals surface area (Å²) in [4.78, 5) is 9.07. The molecule has 118 valence electrons. The Labute approximate surface area is 138 Å². The summed E-state index contributed by atoms with van der Waals surface area (Å²) < 4.78 is 0. The predicted octanol–water partition coefficient (Wildman–Crippen LogP) is 6.23. The van der Waals surface area contributed by atoms with E-state index in [-0.39, 0.29) is 5.92 Å². The maximum absolute atomic E-state index is 6.31. The molecule has 1 aliphatic rings. The number of hydrogen-bond acceptors (Lipinski definition) is 2. The molecule has 0 radical (unpaired) electrons. The van der Waals surface area contributed by atoms with E-state index in [0.29, 0.717) is 21.6 Å². The van der Waals surface area contributed by atoms with Gasteiger partial charge in [-0.3, -0.25) is 0 Å². The maximum atomic E-state index is 6.31. The maximum Gasteiger partial charge on any atom is 0.137 e. The minimum absolute atomic E-state index is 0.246. The molecule has 0 atom stereocenters. The highest BCUT2D eigenvalue weighted by molar-refractivity contribution is 6.34. The molecule has 0 saturated heterocycles. The monoisotopic (exact) mass is 328 g/mol. The van der Waals surface area contributed by atoms with Crippen molar-refractivity contribution in [3.8, 4) is 0 Å². The Hall–Kier alpha value is -0.340. The van der Waals surface area contributed by atoms with E-state index in [1.807, 2.05) is 0 Å². The van der Waals surface area contributed by atoms with Gasteiger partial charge in [0.2, 0.25) is 0 Å². The van der Waals surface area contributed by atoms with E-state index in [2.05, 4.69) is 44.6 Å². The van der Waals surface area contributed by atoms with Crippen LogP contribution in [0.1, 0.15) is 83.5 Å². The number of aromatic nitrogens is 2. The molecule has 1 aromatic heterocycles. The third-order valence-electron chi connectivity index (χ3n) is 4.76. The zero-order chi connectivity index (χ0) is 15.8. The average molecular weight is 329 g/mol. The quantitative estimate of drug-likeness (QED) is 0.601. The number of rotatable bonds is 2. The van der Waals surface area contributed by atoms with Crippen LogP contribution >= 0.6 is 23.2 Å². The van der Waals surface area contributed by atoms with E-state index in [4.69, 9.17) is 23.2 Å². The summed E-state index contributed by atoms with van der Waals surface area (Å²) >= 11 is 12.6. The summed E-state index contributed by atoms with van der Waals surface area (Å²) in [6, 6.07) is 0. The minimum Gasteiger partial charge on any atom is -0.221 e. The van der Waals surface area contributed by atoms with E-state index < -0.39 is 0 Å². The topological polar surface area (TPSA) is 25.8 Å². The van der Waals surface area contributed by atoms with Gasteiger partial charge in [-0.15, -0.1) is 0 Å². The third-order valence-corrected chi connectivity index (χ3v) is 5.34. The van der Waals surface area contributed by atoms with Gasteiger partial charge in [0.25, 0.3) is 0 Å². The van der Waals surface area contributed by atoms with E-state index in [1.165, 1.54) is 12.8 Å². The summed E-state index contributed by atoms with van der Waals surface area (Å²) in [5, 5.41) is 1.05. The highest BCUT2D eigenvalue weighted by atomic mass is 35.5. The van der Waals surface area contributed by atoms with Crippen molar-refractivity contribution >= 4 is 23.2 Å². The molecule has 0 N–H and O–H groups in total. The Morgan fingerprint density at radius 1 is 0.952 bits per heavy atom. The Morgan fingerprint density at radius 3 is 1.81 bits per heavy atom. The van der Waals surface area contributed by atoms with Crippen molar-refractivity contribution in [2.45, 2.75) is 72.1 Å². The van der Waals surface area contributed by atoms with Crippen molar-refractivity contribution in [1.82, 2.24) is 9.97 Å². The van der Waals surface area contributed by atoms with Crippen LogP contribution in [0, 0.1) is 11.3 Å². The van der Waals surface area contributed by atoms with Crippen molar-refractivity contribution in [2.24, 2.45) is 11.3 Å². The average Bonchev–Trinajstić information content (AvgIpc) is 2.36. The van der Waals surface area contributed by atoms with Crippen LogP contribution in [-0.2, 0) is 0 Å². The van der Waals surface area contributed by atoms with Gasteiger partial charge in [0.05, 0.1) is 0 Å². The van der Waals surface area contributed by atoms with Gasteiger partial charge in [-0.25, -0.2) is 9.97 Å². The smallest absolute Gasteiger partial charge is 0.137 e. The highest BCUT2D eigenvalue weighted by Gasteiger charge is 2.31. The number of nitrogens with zero attached hydrogens (tertiary/aromatic N) is 2. The van der Waals surface area contributed by atoms with Gasteiger partial charge in [-0.1, -0.05) is 57.8 Å². The lowest BCUT2D eigenvalue weighted by molar-refractivity contribution is 0.167. The van der Waals surface area contributed by atoms with Gasteiger partial charge in [-0.05, 0) is 42.9 Å². The molecule has 1 aromatic rings. The first kappa shape index (κ1) is 17.0. The normalized spacial score (nSPS) is 23.6. The molecule has 1 aliphatic carbocycles. The molecule has 0 aliphatic heterocycles. The van der Waals surface area contributed by atoms with Crippen LogP contribution in [0.2, 0.25) is 10.3 Å². The largest absolute Gasteiger partial charge is 0.221 e. The molecule has 1 saturated carbocycles. The van der Waals surface area contributed by atoms with Crippen molar-refractivity contribution in [3.63, 3.8) is 0 Å². The Bertz CT molecular complexity index is 475. The van der Waals surface area contributed by atoms with Crippen molar-refractivity contribution in [1.29, 1.82) is 0 Å². The summed E-state index contributed by atoms with van der Waals surface area (Å²) in [7, 11) is 0. The van der Waals surface area contributed by atoms with Crippen molar-refractivity contribution < 1.29 is 0 Å². The van der Waals surface area contributed by atoms with Crippen LogP contribution in [0.25, 0.3) is 0 Å². The molecule has 0 amide bonds. The molecule has 2 nitrogen and oxygen atoms in total. The molecule has 21 heavy (non-hydrogen) atoms. The zero-order valence-electron chi connectivity index (χ0n) is 13.7. The van der Waals surface area contributed by atoms with Crippen LogP contribution in [0.5, 0.6) is 0 Å².